The topological polar surface area (TPSA) is 98.0 Å². The third-order valence-electron chi connectivity index (χ3n) is 3.99. The lowest BCUT2D eigenvalue weighted by Gasteiger charge is -2.09. The summed E-state index contributed by atoms with van der Waals surface area (Å²) in [5.41, 5.74) is 2.91. The fourth-order valence-electron chi connectivity index (χ4n) is 2.63. The summed E-state index contributed by atoms with van der Waals surface area (Å²) in [6.07, 6.45) is 1.63. The van der Waals surface area contributed by atoms with Crippen molar-refractivity contribution in [2.75, 3.05) is 5.32 Å². The van der Waals surface area contributed by atoms with E-state index in [4.69, 9.17) is 0 Å². The fourth-order valence-corrected chi connectivity index (χ4v) is 2.63. The summed E-state index contributed by atoms with van der Waals surface area (Å²) in [4.78, 5) is 31.6. The molecule has 7 heteroatoms. The summed E-state index contributed by atoms with van der Waals surface area (Å²) in [6.45, 7) is 3.43. The second-order valence-electron chi connectivity index (χ2n) is 5.75. The van der Waals surface area contributed by atoms with E-state index >= 15 is 0 Å². The number of aryl methyl sites for hydroxylation is 1. The van der Waals surface area contributed by atoms with Crippen LogP contribution in [0.4, 0.5) is 11.6 Å². The lowest BCUT2D eigenvalue weighted by atomic mass is 10.1. The molecule has 0 radical (unpaired) electrons. The van der Waals surface area contributed by atoms with Crippen LogP contribution < -0.4 is 5.32 Å². The van der Waals surface area contributed by atoms with E-state index in [0.717, 1.165) is 11.1 Å². The number of amides is 1. The van der Waals surface area contributed by atoms with Gasteiger partial charge < -0.3 is 0 Å². The lowest BCUT2D eigenvalue weighted by Crippen LogP contribution is -2.16. The van der Waals surface area contributed by atoms with Gasteiger partial charge in [-0.3, -0.25) is 20.2 Å². The van der Waals surface area contributed by atoms with E-state index in [1.807, 2.05) is 37.3 Å². The Kier molecular flexibility index (Phi) is 4.70. The summed E-state index contributed by atoms with van der Waals surface area (Å²) >= 11 is 0. The normalized spacial score (nSPS) is 10.4. The summed E-state index contributed by atoms with van der Waals surface area (Å²) in [5, 5.41) is 13.7. The maximum atomic E-state index is 12.5. The molecule has 2 aromatic carbocycles. The highest BCUT2D eigenvalue weighted by Gasteiger charge is 2.19. The first-order valence-corrected chi connectivity index (χ1v) is 7.92. The molecule has 0 bridgehead atoms. The number of carbonyl (C=O) groups excluding carboxylic acids is 1. The van der Waals surface area contributed by atoms with Gasteiger partial charge in [0.2, 0.25) is 5.95 Å². The molecule has 0 aliphatic rings. The van der Waals surface area contributed by atoms with Gasteiger partial charge in [-0.15, -0.1) is 0 Å². The van der Waals surface area contributed by atoms with Gasteiger partial charge in [0, 0.05) is 29.0 Å². The number of nitro benzene ring substituents is 1. The predicted molar refractivity (Wildman–Crippen MR) is 98.0 cm³/mol. The molecule has 1 aromatic heterocycles. The van der Waals surface area contributed by atoms with Crippen LogP contribution in [0.2, 0.25) is 0 Å². The zero-order valence-electron chi connectivity index (χ0n) is 14.3. The smallest absolute Gasteiger partial charge is 0.273 e. The Hall–Kier alpha value is -3.61. The number of hydrogen-bond acceptors (Lipinski definition) is 5. The predicted octanol–water partition coefficient (Wildman–Crippen LogP) is 3.92. The minimum absolute atomic E-state index is 0.104. The number of nitro groups is 1. The summed E-state index contributed by atoms with van der Waals surface area (Å²) < 4.78 is 0. The quantitative estimate of drug-likeness (QED) is 0.569. The van der Waals surface area contributed by atoms with Crippen LogP contribution in [-0.4, -0.2) is 20.8 Å². The minimum Gasteiger partial charge on any atom is -0.290 e. The number of nitrogens with zero attached hydrogens (tertiary/aromatic N) is 3. The van der Waals surface area contributed by atoms with E-state index in [9.17, 15) is 14.9 Å². The molecule has 1 amide bonds. The van der Waals surface area contributed by atoms with E-state index in [2.05, 4.69) is 15.3 Å². The highest BCUT2D eigenvalue weighted by atomic mass is 16.6. The number of hydrogen-bond donors (Lipinski definition) is 1. The van der Waals surface area contributed by atoms with Gasteiger partial charge in [-0.1, -0.05) is 36.4 Å². The molecule has 0 fully saturated rings. The van der Waals surface area contributed by atoms with E-state index in [1.54, 1.807) is 13.1 Å². The molecule has 0 saturated carbocycles. The number of carbonyl (C=O) groups is 1. The highest BCUT2D eigenvalue weighted by molar-refractivity contribution is 6.05. The molecule has 7 nitrogen and oxygen atoms in total. The third kappa shape index (κ3) is 3.41. The van der Waals surface area contributed by atoms with Gasteiger partial charge >= 0.3 is 0 Å². The average Bonchev–Trinajstić information content (AvgIpc) is 2.64. The van der Waals surface area contributed by atoms with E-state index in [1.165, 1.54) is 18.2 Å². The molecule has 0 spiro atoms. The van der Waals surface area contributed by atoms with E-state index in [-0.39, 0.29) is 17.2 Å². The van der Waals surface area contributed by atoms with Crippen LogP contribution in [0.5, 0.6) is 0 Å². The van der Waals surface area contributed by atoms with Crippen LogP contribution in [0, 0.1) is 24.0 Å². The summed E-state index contributed by atoms with van der Waals surface area (Å²) in [6, 6.07) is 13.9. The van der Waals surface area contributed by atoms with Crippen molar-refractivity contribution in [1.82, 2.24) is 9.97 Å². The molecule has 0 saturated heterocycles. The maximum absolute atomic E-state index is 12.5. The van der Waals surface area contributed by atoms with E-state index in [0.29, 0.717) is 11.3 Å². The highest BCUT2D eigenvalue weighted by Crippen LogP contribution is 2.23. The minimum atomic E-state index is -0.512. The van der Waals surface area contributed by atoms with Crippen molar-refractivity contribution < 1.29 is 9.72 Å². The molecule has 0 atom stereocenters. The Labute approximate surface area is 149 Å². The number of anilines is 1. The monoisotopic (exact) mass is 348 g/mol. The van der Waals surface area contributed by atoms with Crippen molar-refractivity contribution >= 4 is 17.5 Å². The molecule has 3 rings (SSSR count). The second-order valence-corrected chi connectivity index (χ2v) is 5.75. The third-order valence-corrected chi connectivity index (χ3v) is 3.99. The van der Waals surface area contributed by atoms with Gasteiger partial charge in [0.15, 0.2) is 0 Å². The van der Waals surface area contributed by atoms with Crippen molar-refractivity contribution in [3.63, 3.8) is 0 Å². The van der Waals surface area contributed by atoms with Crippen molar-refractivity contribution in [2.24, 2.45) is 0 Å². The Bertz CT molecular complexity index is 987. The first kappa shape index (κ1) is 17.2. The van der Waals surface area contributed by atoms with Crippen molar-refractivity contribution in [2.45, 2.75) is 13.8 Å². The van der Waals surface area contributed by atoms with Gasteiger partial charge in [-0.25, -0.2) is 9.97 Å². The van der Waals surface area contributed by atoms with Crippen LogP contribution in [0.3, 0.4) is 0 Å². The zero-order chi connectivity index (χ0) is 18.7. The average molecular weight is 348 g/mol. The van der Waals surface area contributed by atoms with Gasteiger partial charge in [-0.2, -0.15) is 0 Å². The molecule has 0 unspecified atom stereocenters. The van der Waals surface area contributed by atoms with Crippen molar-refractivity contribution in [1.29, 1.82) is 0 Å². The molecule has 0 aliphatic heterocycles. The van der Waals surface area contributed by atoms with Crippen LogP contribution in [0.15, 0.2) is 54.7 Å². The molecule has 0 aliphatic carbocycles. The van der Waals surface area contributed by atoms with Gasteiger partial charge in [0.25, 0.3) is 11.6 Å². The number of rotatable bonds is 4. The Morgan fingerprint density at radius 1 is 1.08 bits per heavy atom. The van der Waals surface area contributed by atoms with Crippen molar-refractivity contribution in [3.8, 4) is 11.3 Å². The Balaban J connectivity index is 1.92. The first-order valence-electron chi connectivity index (χ1n) is 7.92. The Morgan fingerprint density at radius 2 is 1.81 bits per heavy atom. The zero-order valence-corrected chi connectivity index (χ0v) is 14.3. The molecule has 1 N–H and O–H groups in total. The lowest BCUT2D eigenvalue weighted by molar-refractivity contribution is -0.385. The second kappa shape index (κ2) is 7.10. The molecular weight excluding hydrogens is 332 g/mol. The fraction of sp³-hybridized carbons (Fsp3) is 0.105. The summed E-state index contributed by atoms with van der Waals surface area (Å²) in [5.74, 6) is -0.348. The SMILES string of the molecule is Cc1cnc(NC(=O)c2cccc([N+](=O)[O-])c2C)nc1-c1ccccc1. The molecule has 130 valence electrons. The number of benzene rings is 2. The number of aromatic nitrogens is 2. The van der Waals surface area contributed by atoms with E-state index < -0.39 is 10.8 Å². The standard InChI is InChI=1S/C19H16N4O3/c1-12-11-20-19(21-17(12)14-7-4-3-5-8-14)22-18(24)15-9-6-10-16(13(15)2)23(25)26/h3-11H,1-2H3,(H,20,21,22,24). The van der Waals surface area contributed by atoms with Gasteiger partial charge in [0.05, 0.1) is 10.6 Å². The van der Waals surface area contributed by atoms with Crippen LogP contribution >= 0.6 is 0 Å². The van der Waals surface area contributed by atoms with Crippen LogP contribution in [-0.2, 0) is 0 Å². The molecule has 3 aromatic rings. The first-order chi connectivity index (χ1) is 12.5. The largest absolute Gasteiger partial charge is 0.290 e. The molecule has 1 heterocycles. The van der Waals surface area contributed by atoms with Gasteiger partial charge in [-0.05, 0) is 25.5 Å². The number of nitrogens with one attached hydrogen (secondary N) is 1. The Morgan fingerprint density at radius 3 is 2.50 bits per heavy atom. The summed E-state index contributed by atoms with van der Waals surface area (Å²) in [7, 11) is 0. The molecule has 26 heavy (non-hydrogen) atoms. The molecular formula is C19H16N4O3. The van der Waals surface area contributed by atoms with Crippen LogP contribution in [0.1, 0.15) is 21.5 Å². The maximum Gasteiger partial charge on any atom is 0.273 e. The van der Waals surface area contributed by atoms with Crippen molar-refractivity contribution in [3.05, 3.63) is 81.5 Å². The van der Waals surface area contributed by atoms with Gasteiger partial charge in [0.1, 0.15) is 0 Å². The van der Waals surface area contributed by atoms with Crippen LogP contribution in [0.25, 0.3) is 11.3 Å².